The topological polar surface area (TPSA) is 79.3 Å². The Balaban J connectivity index is 2.50. The average molecular weight is 256 g/mol. The molecule has 1 atom stereocenters. The Morgan fingerprint density at radius 1 is 1.59 bits per heavy atom. The highest BCUT2D eigenvalue weighted by molar-refractivity contribution is 7.09. The smallest absolute Gasteiger partial charge is 0.326 e. The highest BCUT2D eigenvalue weighted by atomic mass is 32.1. The lowest BCUT2D eigenvalue weighted by Gasteiger charge is -2.12. The van der Waals surface area contributed by atoms with E-state index in [2.05, 4.69) is 10.3 Å². The van der Waals surface area contributed by atoms with Gasteiger partial charge in [0, 0.05) is 5.38 Å². The van der Waals surface area contributed by atoms with E-state index in [-0.39, 0.29) is 12.3 Å². The van der Waals surface area contributed by atoms with Crippen molar-refractivity contribution in [1.82, 2.24) is 10.3 Å². The third-order valence-corrected chi connectivity index (χ3v) is 3.04. The van der Waals surface area contributed by atoms with Crippen LogP contribution in [0.4, 0.5) is 0 Å². The first-order chi connectivity index (χ1) is 8.02. The highest BCUT2D eigenvalue weighted by Crippen LogP contribution is 2.08. The first-order valence-electron chi connectivity index (χ1n) is 5.46. The van der Waals surface area contributed by atoms with E-state index in [1.54, 1.807) is 0 Å². The number of aliphatic carboxylic acids is 1. The Morgan fingerprint density at radius 3 is 2.76 bits per heavy atom. The monoisotopic (exact) mass is 256 g/mol. The lowest BCUT2D eigenvalue weighted by molar-refractivity contribution is -0.141. The first-order valence-corrected chi connectivity index (χ1v) is 6.34. The van der Waals surface area contributed by atoms with Gasteiger partial charge in [-0.3, -0.25) is 4.79 Å². The molecule has 0 spiro atoms. The molecular formula is C11H16N2O3S. The maximum absolute atomic E-state index is 11.6. The Kier molecular flexibility index (Phi) is 5.09. The molecule has 0 fully saturated rings. The summed E-state index contributed by atoms with van der Waals surface area (Å²) in [6, 6.07) is -0.799. The number of carboxylic acid groups (broad SMARTS) is 1. The Bertz CT molecular complexity index is 403. The van der Waals surface area contributed by atoms with Crippen LogP contribution in [0, 0.1) is 6.92 Å². The Morgan fingerprint density at radius 2 is 2.29 bits per heavy atom. The van der Waals surface area contributed by atoms with E-state index in [1.165, 1.54) is 11.3 Å². The molecule has 0 aliphatic rings. The van der Waals surface area contributed by atoms with Crippen LogP contribution in [0.15, 0.2) is 5.38 Å². The van der Waals surface area contributed by atoms with E-state index in [0.29, 0.717) is 18.5 Å². The van der Waals surface area contributed by atoms with Gasteiger partial charge >= 0.3 is 5.97 Å². The molecule has 94 valence electrons. The van der Waals surface area contributed by atoms with Crippen LogP contribution in [-0.2, 0) is 16.0 Å². The molecule has 1 unspecified atom stereocenters. The minimum absolute atomic E-state index is 0.137. The third kappa shape index (κ3) is 4.52. The van der Waals surface area contributed by atoms with Crippen molar-refractivity contribution >= 4 is 23.2 Å². The molecule has 17 heavy (non-hydrogen) atoms. The second kappa shape index (κ2) is 6.34. The zero-order valence-electron chi connectivity index (χ0n) is 9.90. The van der Waals surface area contributed by atoms with Crippen LogP contribution in [0.3, 0.4) is 0 Å². The van der Waals surface area contributed by atoms with Crippen molar-refractivity contribution in [2.45, 2.75) is 39.2 Å². The third-order valence-electron chi connectivity index (χ3n) is 2.22. The number of carbonyl (C=O) groups excluding carboxylic acids is 1. The first kappa shape index (κ1) is 13.6. The molecule has 0 radical (unpaired) electrons. The fourth-order valence-corrected chi connectivity index (χ4v) is 2.06. The van der Waals surface area contributed by atoms with Crippen LogP contribution >= 0.6 is 11.3 Å². The standard InChI is InChI=1S/C11H16N2O3S/c1-3-4-9(11(15)16)13-10(14)5-8-6-17-7(2)12-8/h6,9H,3-5H2,1-2H3,(H,13,14)(H,15,16). The van der Waals surface area contributed by atoms with Crippen LogP contribution in [0.1, 0.15) is 30.5 Å². The van der Waals surface area contributed by atoms with E-state index in [1.807, 2.05) is 19.2 Å². The number of amides is 1. The van der Waals surface area contributed by atoms with Gasteiger partial charge in [0.15, 0.2) is 0 Å². The van der Waals surface area contributed by atoms with Crippen molar-refractivity contribution in [2.75, 3.05) is 0 Å². The number of hydrogen-bond acceptors (Lipinski definition) is 4. The number of carbonyl (C=O) groups is 2. The van der Waals surface area contributed by atoms with Crippen LogP contribution in [-0.4, -0.2) is 28.0 Å². The molecular weight excluding hydrogens is 240 g/mol. The van der Waals surface area contributed by atoms with Gasteiger partial charge in [-0.15, -0.1) is 11.3 Å². The van der Waals surface area contributed by atoms with Gasteiger partial charge in [-0.25, -0.2) is 9.78 Å². The number of hydrogen-bond donors (Lipinski definition) is 2. The quantitative estimate of drug-likeness (QED) is 0.805. The van der Waals surface area contributed by atoms with Crippen molar-refractivity contribution < 1.29 is 14.7 Å². The summed E-state index contributed by atoms with van der Waals surface area (Å²) >= 11 is 1.47. The van der Waals surface area contributed by atoms with Crippen molar-refractivity contribution in [2.24, 2.45) is 0 Å². The second-order valence-corrected chi connectivity index (χ2v) is 4.84. The fourth-order valence-electron chi connectivity index (χ4n) is 1.45. The summed E-state index contributed by atoms with van der Waals surface area (Å²) in [7, 11) is 0. The van der Waals surface area contributed by atoms with Crippen LogP contribution in [0.25, 0.3) is 0 Å². The van der Waals surface area contributed by atoms with E-state index >= 15 is 0 Å². The van der Waals surface area contributed by atoms with Gasteiger partial charge in [0.2, 0.25) is 5.91 Å². The Hall–Kier alpha value is -1.43. The van der Waals surface area contributed by atoms with E-state index < -0.39 is 12.0 Å². The maximum atomic E-state index is 11.6. The molecule has 0 aromatic carbocycles. The minimum Gasteiger partial charge on any atom is -0.480 e. The SMILES string of the molecule is CCCC(NC(=O)Cc1csc(C)n1)C(=O)O. The molecule has 6 heteroatoms. The number of thiazole rings is 1. The molecule has 1 aromatic heterocycles. The van der Waals surface area contributed by atoms with Crippen LogP contribution in [0.5, 0.6) is 0 Å². The van der Waals surface area contributed by atoms with Crippen molar-refractivity contribution in [3.8, 4) is 0 Å². The number of nitrogens with zero attached hydrogens (tertiary/aromatic N) is 1. The van der Waals surface area contributed by atoms with Gasteiger partial charge in [0.25, 0.3) is 0 Å². The van der Waals surface area contributed by atoms with Crippen molar-refractivity contribution in [3.05, 3.63) is 16.1 Å². The predicted molar refractivity (Wildman–Crippen MR) is 65.0 cm³/mol. The summed E-state index contributed by atoms with van der Waals surface area (Å²) in [6.45, 7) is 3.75. The summed E-state index contributed by atoms with van der Waals surface area (Å²) in [5.74, 6) is -1.29. The van der Waals surface area contributed by atoms with Crippen LogP contribution in [0.2, 0.25) is 0 Å². The number of nitrogens with one attached hydrogen (secondary N) is 1. The van der Waals surface area contributed by atoms with Gasteiger partial charge in [0.1, 0.15) is 6.04 Å². The molecule has 0 saturated heterocycles. The molecule has 0 aliphatic heterocycles. The lowest BCUT2D eigenvalue weighted by atomic mass is 10.1. The van der Waals surface area contributed by atoms with Gasteiger partial charge < -0.3 is 10.4 Å². The largest absolute Gasteiger partial charge is 0.480 e. The molecule has 1 heterocycles. The number of rotatable bonds is 6. The van der Waals surface area contributed by atoms with Crippen molar-refractivity contribution in [3.63, 3.8) is 0 Å². The Labute approximate surface area is 104 Å². The zero-order valence-corrected chi connectivity index (χ0v) is 10.7. The van der Waals surface area contributed by atoms with Gasteiger partial charge in [-0.1, -0.05) is 13.3 Å². The lowest BCUT2D eigenvalue weighted by Crippen LogP contribution is -2.41. The molecule has 1 rings (SSSR count). The van der Waals surface area contributed by atoms with Gasteiger partial charge in [-0.05, 0) is 13.3 Å². The van der Waals surface area contributed by atoms with Crippen molar-refractivity contribution in [1.29, 1.82) is 0 Å². The second-order valence-electron chi connectivity index (χ2n) is 3.78. The van der Waals surface area contributed by atoms with E-state index in [0.717, 1.165) is 5.01 Å². The minimum atomic E-state index is -0.991. The fraction of sp³-hybridized carbons (Fsp3) is 0.545. The summed E-state index contributed by atoms with van der Waals surface area (Å²) < 4.78 is 0. The van der Waals surface area contributed by atoms with E-state index in [4.69, 9.17) is 5.11 Å². The van der Waals surface area contributed by atoms with Gasteiger partial charge in [0.05, 0.1) is 17.1 Å². The molecule has 2 N–H and O–H groups in total. The molecule has 0 saturated carbocycles. The molecule has 5 nitrogen and oxygen atoms in total. The summed E-state index contributed by atoms with van der Waals surface area (Å²) in [4.78, 5) is 26.6. The number of aryl methyl sites for hydroxylation is 1. The predicted octanol–water partition coefficient (Wildman–Crippen LogP) is 1.36. The molecule has 1 amide bonds. The highest BCUT2D eigenvalue weighted by Gasteiger charge is 2.19. The normalized spacial score (nSPS) is 12.1. The maximum Gasteiger partial charge on any atom is 0.326 e. The van der Waals surface area contributed by atoms with E-state index in [9.17, 15) is 9.59 Å². The zero-order chi connectivity index (χ0) is 12.8. The number of carboxylic acids is 1. The summed E-state index contributed by atoms with van der Waals surface area (Å²) in [5, 5.41) is 14.1. The summed E-state index contributed by atoms with van der Waals surface area (Å²) in [6.07, 6.45) is 1.29. The molecule has 0 aliphatic carbocycles. The van der Waals surface area contributed by atoms with Gasteiger partial charge in [-0.2, -0.15) is 0 Å². The summed E-state index contributed by atoms with van der Waals surface area (Å²) in [5.41, 5.74) is 0.686. The van der Waals surface area contributed by atoms with Crippen LogP contribution < -0.4 is 5.32 Å². The number of aromatic nitrogens is 1. The average Bonchev–Trinajstić information content (AvgIpc) is 2.63. The molecule has 0 bridgehead atoms. The molecule has 1 aromatic rings.